The molecule has 0 amide bonds. The van der Waals surface area contributed by atoms with E-state index in [1.54, 1.807) is 24.0 Å². The quantitative estimate of drug-likeness (QED) is 0.353. The fraction of sp³-hybridized carbons (Fsp3) is 0.440. The predicted molar refractivity (Wildman–Crippen MR) is 141 cm³/mol. The van der Waals surface area contributed by atoms with Crippen molar-refractivity contribution in [3.05, 3.63) is 52.5 Å². The van der Waals surface area contributed by atoms with Crippen LogP contribution in [0, 0.1) is 6.92 Å². The molecule has 0 unspecified atom stereocenters. The summed E-state index contributed by atoms with van der Waals surface area (Å²) in [5.41, 5.74) is 3.31. The molecule has 1 N–H and O–H groups in total. The van der Waals surface area contributed by atoms with Gasteiger partial charge in [-0.15, -0.1) is 0 Å². The Morgan fingerprint density at radius 1 is 1.03 bits per heavy atom. The van der Waals surface area contributed by atoms with Crippen molar-refractivity contribution in [1.29, 1.82) is 0 Å². The van der Waals surface area contributed by atoms with Crippen LogP contribution in [0.15, 0.2) is 34.6 Å². The molecule has 0 radical (unpaired) electrons. The normalized spacial score (nSPS) is 15.9. The molecule has 0 bridgehead atoms. The number of anilines is 1. The maximum absolute atomic E-state index is 13.6. The summed E-state index contributed by atoms with van der Waals surface area (Å²) >= 11 is 0. The fourth-order valence-corrected chi connectivity index (χ4v) is 5.34. The van der Waals surface area contributed by atoms with Gasteiger partial charge in [0, 0.05) is 25.8 Å². The molecular weight excluding hydrogens is 506 g/mol. The molecule has 12 nitrogen and oxygen atoms in total. The summed E-state index contributed by atoms with van der Waals surface area (Å²) in [5, 5.41) is 3.03. The van der Waals surface area contributed by atoms with Crippen molar-refractivity contribution in [2.24, 2.45) is 0 Å². The number of fused-ring (bicyclic) bond motifs is 1. The van der Waals surface area contributed by atoms with Crippen molar-refractivity contribution in [3.8, 4) is 11.4 Å². The number of nitrogens with zero attached hydrogens (tertiary/aromatic N) is 8. The van der Waals surface area contributed by atoms with Crippen LogP contribution in [0.5, 0.6) is 0 Å². The Balaban J connectivity index is 0.00000308. The smallest absolute Gasteiger partial charge is 0.295 e. The van der Waals surface area contributed by atoms with Crippen LogP contribution in [0.4, 0.5) is 5.82 Å². The summed E-state index contributed by atoms with van der Waals surface area (Å²) in [5.74, 6) is 1.35. The molecule has 198 valence electrons. The average Bonchev–Trinajstić information content (AvgIpc) is 3.74. The second-order valence-electron chi connectivity index (χ2n) is 9.71. The first-order valence-electron chi connectivity index (χ1n) is 12.7. The van der Waals surface area contributed by atoms with Crippen molar-refractivity contribution in [2.45, 2.75) is 69.4 Å². The lowest BCUT2D eigenvalue weighted by atomic mass is 9.93. The van der Waals surface area contributed by atoms with E-state index in [0.29, 0.717) is 28.7 Å². The minimum Gasteiger partial charge on any atom is -0.358 e. The van der Waals surface area contributed by atoms with Gasteiger partial charge in [0.15, 0.2) is 27.1 Å². The van der Waals surface area contributed by atoms with E-state index in [9.17, 15) is 13.2 Å². The van der Waals surface area contributed by atoms with Gasteiger partial charge in [0.2, 0.25) is 0 Å². The molecule has 2 fully saturated rings. The number of aryl methyl sites for hydroxylation is 1. The van der Waals surface area contributed by atoms with Gasteiger partial charge in [-0.2, -0.15) is 0 Å². The summed E-state index contributed by atoms with van der Waals surface area (Å²) in [6, 6.07) is 0.0297. The summed E-state index contributed by atoms with van der Waals surface area (Å²) in [4.78, 5) is 44.8. The lowest BCUT2D eigenvalue weighted by Gasteiger charge is -2.28. The lowest BCUT2D eigenvalue weighted by Crippen LogP contribution is -2.32. The molecular formula is C25H29N9O3S. The minimum absolute atomic E-state index is 0. The first-order chi connectivity index (χ1) is 18.4. The van der Waals surface area contributed by atoms with Gasteiger partial charge in [0.25, 0.3) is 5.56 Å². The lowest BCUT2D eigenvalue weighted by molar-refractivity contribution is 0.313. The van der Waals surface area contributed by atoms with E-state index in [1.165, 1.54) is 12.4 Å². The van der Waals surface area contributed by atoms with Crippen molar-refractivity contribution >= 4 is 26.8 Å². The van der Waals surface area contributed by atoms with E-state index in [-0.39, 0.29) is 36.0 Å². The Bertz CT molecular complexity index is 1700. The van der Waals surface area contributed by atoms with E-state index in [2.05, 4.69) is 35.2 Å². The zero-order valence-corrected chi connectivity index (χ0v) is 21.9. The number of aromatic nitrogens is 8. The van der Waals surface area contributed by atoms with Crippen LogP contribution in [0.2, 0.25) is 0 Å². The van der Waals surface area contributed by atoms with Gasteiger partial charge in [-0.3, -0.25) is 9.36 Å². The van der Waals surface area contributed by atoms with Crippen LogP contribution < -0.4 is 10.9 Å². The van der Waals surface area contributed by atoms with E-state index in [4.69, 9.17) is 4.98 Å². The van der Waals surface area contributed by atoms with Crippen LogP contribution >= 0.6 is 0 Å². The fourth-order valence-electron chi connectivity index (χ4n) is 4.58. The summed E-state index contributed by atoms with van der Waals surface area (Å²) in [6.07, 6.45) is 10.8. The summed E-state index contributed by atoms with van der Waals surface area (Å²) in [6.45, 7) is 3.60. The van der Waals surface area contributed by atoms with Crippen molar-refractivity contribution in [3.63, 3.8) is 0 Å². The second-order valence-corrected chi connectivity index (χ2v) is 12.0. The van der Waals surface area contributed by atoms with Gasteiger partial charge in [-0.1, -0.05) is 6.92 Å². The standard InChI is InChI=1S/C25H27N9O3S.H2/c1-3-38(36,37)17-9-26-19(27-10-17)12-29-23-25(35)34(16-5-4-6-16)24-18(32-23)11-28-22(33-24)20-14(2)30-13-31-21(20)15-7-8-15;/h9-11,13,15-16H,3-8,12H2,1-2H3,(H,29,32);1H. The Labute approximate surface area is 220 Å². The van der Waals surface area contributed by atoms with Crippen LogP contribution in [0.25, 0.3) is 22.6 Å². The Hall–Kier alpha value is -3.87. The van der Waals surface area contributed by atoms with Crippen LogP contribution in [-0.4, -0.2) is 53.6 Å². The molecule has 13 heteroatoms. The average molecular weight is 536 g/mol. The predicted octanol–water partition coefficient (Wildman–Crippen LogP) is 3.00. The third kappa shape index (κ3) is 4.40. The molecule has 0 aliphatic heterocycles. The van der Waals surface area contributed by atoms with E-state index in [1.807, 2.05) is 6.92 Å². The van der Waals surface area contributed by atoms with Gasteiger partial charge < -0.3 is 5.32 Å². The number of rotatable bonds is 8. The van der Waals surface area contributed by atoms with Gasteiger partial charge in [0.1, 0.15) is 22.6 Å². The summed E-state index contributed by atoms with van der Waals surface area (Å²) in [7, 11) is -3.39. The highest BCUT2D eigenvalue weighted by Gasteiger charge is 2.31. The zero-order valence-electron chi connectivity index (χ0n) is 21.1. The van der Waals surface area contributed by atoms with Crippen molar-refractivity contribution < 1.29 is 9.84 Å². The first kappa shape index (κ1) is 24.5. The maximum atomic E-state index is 13.6. The highest BCUT2D eigenvalue weighted by molar-refractivity contribution is 7.91. The Morgan fingerprint density at radius 3 is 2.45 bits per heavy atom. The monoisotopic (exact) mass is 535 g/mol. The van der Waals surface area contributed by atoms with Crippen LogP contribution in [0.3, 0.4) is 0 Å². The molecule has 6 rings (SSSR count). The molecule has 2 aliphatic carbocycles. The van der Waals surface area contributed by atoms with Crippen molar-refractivity contribution in [1.82, 2.24) is 39.5 Å². The second kappa shape index (κ2) is 9.46. The third-order valence-corrected chi connectivity index (χ3v) is 8.85. The van der Waals surface area contributed by atoms with Gasteiger partial charge >= 0.3 is 0 Å². The van der Waals surface area contributed by atoms with E-state index < -0.39 is 9.84 Å². The third-order valence-electron chi connectivity index (χ3n) is 7.16. The van der Waals surface area contributed by atoms with Gasteiger partial charge in [-0.05, 0) is 39.0 Å². The SMILES string of the molecule is CCS(=O)(=O)c1cnc(CNc2nc3cnc(-c4c(C)ncnc4C4CC4)nc3n(C3CCC3)c2=O)nc1.[HH]. The molecule has 2 aliphatic rings. The number of sulfone groups is 1. The molecule has 0 spiro atoms. The van der Waals surface area contributed by atoms with E-state index >= 15 is 0 Å². The van der Waals surface area contributed by atoms with E-state index in [0.717, 1.165) is 49.1 Å². The molecule has 4 aromatic rings. The topological polar surface area (TPSA) is 158 Å². The molecule has 4 aromatic heterocycles. The number of hydrogen-bond acceptors (Lipinski definition) is 11. The highest BCUT2D eigenvalue weighted by atomic mass is 32.2. The zero-order chi connectivity index (χ0) is 26.4. The van der Waals surface area contributed by atoms with Crippen LogP contribution in [0.1, 0.15) is 69.6 Å². The Morgan fingerprint density at radius 2 is 1.79 bits per heavy atom. The minimum atomic E-state index is -3.39. The molecule has 0 atom stereocenters. The van der Waals surface area contributed by atoms with Gasteiger partial charge in [0.05, 0.1) is 35.4 Å². The van der Waals surface area contributed by atoms with Crippen molar-refractivity contribution in [2.75, 3.05) is 11.1 Å². The number of hydrogen-bond donors (Lipinski definition) is 1. The van der Waals surface area contributed by atoms with Crippen LogP contribution in [-0.2, 0) is 16.4 Å². The first-order valence-corrected chi connectivity index (χ1v) is 14.4. The highest BCUT2D eigenvalue weighted by Crippen LogP contribution is 2.43. The maximum Gasteiger partial charge on any atom is 0.295 e. The molecule has 2 saturated carbocycles. The summed E-state index contributed by atoms with van der Waals surface area (Å²) < 4.78 is 25.7. The van der Waals surface area contributed by atoms with Gasteiger partial charge in [-0.25, -0.2) is 43.3 Å². The molecule has 0 saturated heterocycles. The molecule has 4 heterocycles. The molecule has 0 aromatic carbocycles. The largest absolute Gasteiger partial charge is 0.358 e. The number of nitrogens with one attached hydrogen (secondary N) is 1. The Kier molecular flexibility index (Phi) is 6.09. The molecule has 38 heavy (non-hydrogen) atoms.